The summed E-state index contributed by atoms with van der Waals surface area (Å²) < 4.78 is 7.26. The second-order valence-electron chi connectivity index (χ2n) is 10.4. The number of nitrogens with one attached hydrogen (secondary N) is 2. The largest absolute Gasteiger partial charge is 0.380 e. The summed E-state index contributed by atoms with van der Waals surface area (Å²) in [6.45, 7) is 5.93. The Kier molecular flexibility index (Phi) is 8.96. The standard InChI is InChI=1S/C32H38N6O3/c1-4-41-20-19-37(27-9-10-29-26(21-27)14-18-38(29)32(40)33-2)28-11-15-34-30(22-28)35-31(39)25-7-5-23(6-8-25)24-12-16-36(3)17-13-24/h5-11,14-15,18,21-22,24H,4,12-13,16-17,19-20H2,1-3H3,(H,33,40)(H,34,35,39). The third kappa shape index (κ3) is 6.58. The number of amides is 2. The average Bonchev–Trinajstić information content (AvgIpc) is 3.43. The van der Waals surface area contributed by atoms with Crippen molar-refractivity contribution < 1.29 is 14.3 Å². The number of carbonyl (C=O) groups excluding carboxylic acids is 2. The molecule has 3 heterocycles. The van der Waals surface area contributed by atoms with Gasteiger partial charge in [-0.3, -0.25) is 9.36 Å². The van der Waals surface area contributed by atoms with Crippen molar-refractivity contribution in [2.24, 2.45) is 0 Å². The van der Waals surface area contributed by atoms with Crippen molar-refractivity contribution >= 4 is 40.0 Å². The second-order valence-corrected chi connectivity index (χ2v) is 10.4. The molecule has 5 rings (SSSR count). The number of rotatable bonds is 9. The van der Waals surface area contributed by atoms with E-state index in [0.717, 1.165) is 48.2 Å². The van der Waals surface area contributed by atoms with Crippen LogP contribution in [0, 0.1) is 0 Å². The normalized spacial score (nSPS) is 14.2. The number of pyridine rings is 1. The highest BCUT2D eigenvalue weighted by molar-refractivity contribution is 6.04. The van der Waals surface area contributed by atoms with Crippen LogP contribution in [-0.2, 0) is 4.74 Å². The molecule has 0 atom stereocenters. The number of likely N-dealkylation sites (tertiary alicyclic amines) is 1. The van der Waals surface area contributed by atoms with Crippen LogP contribution < -0.4 is 15.5 Å². The molecule has 1 saturated heterocycles. The Morgan fingerprint density at radius 3 is 2.51 bits per heavy atom. The van der Waals surface area contributed by atoms with Gasteiger partial charge < -0.3 is 25.2 Å². The lowest BCUT2D eigenvalue weighted by molar-refractivity contribution is 0.102. The lowest BCUT2D eigenvalue weighted by atomic mass is 9.89. The first-order chi connectivity index (χ1) is 20.0. The molecule has 4 aromatic rings. The van der Waals surface area contributed by atoms with Crippen molar-refractivity contribution in [3.05, 3.63) is 84.2 Å². The van der Waals surface area contributed by atoms with Crippen LogP contribution in [0.15, 0.2) is 73.1 Å². The third-order valence-corrected chi connectivity index (χ3v) is 7.74. The number of ether oxygens (including phenoxy) is 1. The Morgan fingerprint density at radius 2 is 1.78 bits per heavy atom. The van der Waals surface area contributed by atoms with E-state index in [9.17, 15) is 9.59 Å². The first kappa shape index (κ1) is 28.3. The molecule has 0 radical (unpaired) electrons. The van der Waals surface area contributed by atoms with Crippen LogP contribution in [0.4, 0.5) is 22.0 Å². The number of benzene rings is 2. The van der Waals surface area contributed by atoms with Crippen molar-refractivity contribution in [1.29, 1.82) is 0 Å². The molecule has 9 heteroatoms. The number of piperidine rings is 1. The van der Waals surface area contributed by atoms with E-state index in [1.165, 1.54) is 5.56 Å². The number of hydrogen-bond donors (Lipinski definition) is 2. The molecule has 2 N–H and O–H groups in total. The highest BCUT2D eigenvalue weighted by Crippen LogP contribution is 2.31. The second kappa shape index (κ2) is 13.0. The van der Waals surface area contributed by atoms with Crippen LogP contribution in [0.25, 0.3) is 10.9 Å². The van der Waals surface area contributed by atoms with Crippen molar-refractivity contribution in [3.8, 4) is 0 Å². The van der Waals surface area contributed by atoms with Gasteiger partial charge in [0.25, 0.3) is 5.91 Å². The van der Waals surface area contributed by atoms with Gasteiger partial charge >= 0.3 is 6.03 Å². The minimum absolute atomic E-state index is 0.188. The first-order valence-electron chi connectivity index (χ1n) is 14.2. The fourth-order valence-corrected chi connectivity index (χ4v) is 5.40. The molecule has 1 aliphatic rings. The molecule has 0 bridgehead atoms. The van der Waals surface area contributed by atoms with E-state index in [2.05, 4.69) is 44.6 Å². The molecule has 0 spiro atoms. The zero-order valence-corrected chi connectivity index (χ0v) is 24.0. The van der Waals surface area contributed by atoms with Crippen LogP contribution in [0.1, 0.15) is 41.6 Å². The van der Waals surface area contributed by atoms with E-state index in [4.69, 9.17) is 4.74 Å². The van der Waals surface area contributed by atoms with Crippen LogP contribution in [-0.4, -0.2) is 73.3 Å². The van der Waals surface area contributed by atoms with Crippen LogP contribution in [0.3, 0.4) is 0 Å². The van der Waals surface area contributed by atoms with E-state index >= 15 is 0 Å². The Hall–Kier alpha value is -4.21. The van der Waals surface area contributed by atoms with E-state index in [1.54, 1.807) is 24.0 Å². The summed E-state index contributed by atoms with van der Waals surface area (Å²) >= 11 is 0. The summed E-state index contributed by atoms with van der Waals surface area (Å²) in [5, 5.41) is 6.57. The summed E-state index contributed by atoms with van der Waals surface area (Å²) in [4.78, 5) is 34.2. The molecule has 41 heavy (non-hydrogen) atoms. The van der Waals surface area contributed by atoms with Crippen LogP contribution in [0.2, 0.25) is 0 Å². The zero-order chi connectivity index (χ0) is 28.8. The number of hydrogen-bond acceptors (Lipinski definition) is 6. The van der Waals surface area contributed by atoms with Gasteiger partial charge in [-0.05, 0) is 93.8 Å². The molecular formula is C32H38N6O3. The summed E-state index contributed by atoms with van der Waals surface area (Å²) in [5.41, 5.74) is 4.54. The topological polar surface area (TPSA) is 91.7 Å². The number of anilines is 3. The fraction of sp³-hybridized carbons (Fsp3) is 0.344. The van der Waals surface area contributed by atoms with Gasteiger partial charge in [-0.2, -0.15) is 0 Å². The molecule has 2 aromatic carbocycles. The Labute approximate surface area is 241 Å². The van der Waals surface area contributed by atoms with Crippen LogP contribution >= 0.6 is 0 Å². The monoisotopic (exact) mass is 554 g/mol. The highest BCUT2D eigenvalue weighted by Gasteiger charge is 2.19. The van der Waals surface area contributed by atoms with Gasteiger partial charge in [0.15, 0.2) is 0 Å². The SMILES string of the molecule is CCOCCN(c1ccnc(NC(=O)c2ccc(C3CCN(C)CC3)cc2)c1)c1ccc2c(ccn2C(=O)NC)c1. The zero-order valence-electron chi connectivity index (χ0n) is 24.0. The molecule has 9 nitrogen and oxygen atoms in total. The number of carbonyl (C=O) groups is 2. The minimum atomic E-state index is -0.192. The highest BCUT2D eigenvalue weighted by atomic mass is 16.5. The lowest BCUT2D eigenvalue weighted by Gasteiger charge is -2.29. The summed E-state index contributed by atoms with van der Waals surface area (Å²) in [7, 11) is 3.78. The number of aromatic nitrogens is 2. The number of fused-ring (bicyclic) bond motifs is 1. The van der Waals surface area contributed by atoms with Gasteiger partial charge in [0, 0.05) is 61.0 Å². The lowest BCUT2D eigenvalue weighted by Crippen LogP contribution is -2.29. The predicted molar refractivity (Wildman–Crippen MR) is 163 cm³/mol. The predicted octanol–water partition coefficient (Wildman–Crippen LogP) is 5.46. The Balaban J connectivity index is 1.34. The maximum absolute atomic E-state index is 13.1. The van der Waals surface area contributed by atoms with Crippen molar-refractivity contribution in [2.75, 3.05) is 57.2 Å². The smallest absolute Gasteiger partial charge is 0.325 e. The average molecular weight is 555 g/mol. The summed E-state index contributed by atoms with van der Waals surface area (Å²) in [5.74, 6) is 0.827. The van der Waals surface area contributed by atoms with Gasteiger partial charge in [0.2, 0.25) is 0 Å². The molecule has 2 amide bonds. The van der Waals surface area contributed by atoms with E-state index in [-0.39, 0.29) is 11.9 Å². The quantitative estimate of drug-likeness (QED) is 0.267. The Morgan fingerprint density at radius 1 is 1.02 bits per heavy atom. The van der Waals surface area contributed by atoms with E-state index in [1.807, 2.05) is 55.5 Å². The summed E-state index contributed by atoms with van der Waals surface area (Å²) in [6.07, 6.45) is 5.75. The maximum Gasteiger partial charge on any atom is 0.325 e. The molecule has 0 unspecified atom stereocenters. The molecule has 0 aliphatic carbocycles. The van der Waals surface area contributed by atoms with Crippen molar-refractivity contribution in [1.82, 2.24) is 19.8 Å². The van der Waals surface area contributed by atoms with Crippen LogP contribution in [0.5, 0.6) is 0 Å². The number of nitrogens with zero attached hydrogens (tertiary/aromatic N) is 4. The van der Waals surface area contributed by atoms with Gasteiger partial charge in [-0.1, -0.05) is 12.1 Å². The van der Waals surface area contributed by atoms with Gasteiger partial charge in [-0.15, -0.1) is 0 Å². The maximum atomic E-state index is 13.1. The van der Waals surface area contributed by atoms with Gasteiger partial charge in [-0.25, -0.2) is 9.78 Å². The molecule has 1 fully saturated rings. The van der Waals surface area contributed by atoms with Gasteiger partial charge in [0.1, 0.15) is 5.82 Å². The van der Waals surface area contributed by atoms with E-state index < -0.39 is 0 Å². The van der Waals surface area contributed by atoms with Crippen molar-refractivity contribution in [3.63, 3.8) is 0 Å². The first-order valence-corrected chi connectivity index (χ1v) is 14.2. The molecule has 214 valence electrons. The summed E-state index contributed by atoms with van der Waals surface area (Å²) in [6, 6.07) is 19.5. The minimum Gasteiger partial charge on any atom is -0.380 e. The molecule has 2 aromatic heterocycles. The fourth-order valence-electron chi connectivity index (χ4n) is 5.40. The van der Waals surface area contributed by atoms with Gasteiger partial charge in [0.05, 0.1) is 12.1 Å². The third-order valence-electron chi connectivity index (χ3n) is 7.74. The van der Waals surface area contributed by atoms with E-state index in [0.29, 0.717) is 37.1 Å². The molecular weight excluding hydrogens is 516 g/mol. The Bertz CT molecular complexity index is 1490. The molecule has 0 saturated carbocycles. The van der Waals surface area contributed by atoms with Crippen molar-refractivity contribution in [2.45, 2.75) is 25.7 Å². The molecule has 1 aliphatic heterocycles.